The van der Waals surface area contributed by atoms with Crippen LogP contribution in [0.3, 0.4) is 0 Å². The Bertz CT molecular complexity index is 811. The highest BCUT2D eigenvalue weighted by Crippen LogP contribution is 2.36. The molecule has 1 saturated heterocycles. The summed E-state index contributed by atoms with van der Waals surface area (Å²) >= 11 is 3.43. The number of hydrogen-bond donors (Lipinski definition) is 2. The number of aryl methyl sites for hydroxylation is 1. The molecule has 0 saturated carbocycles. The molecule has 1 aliphatic heterocycles. The number of nitrogens with zero attached hydrogens (tertiary/aromatic N) is 1. The Kier molecular flexibility index (Phi) is 5.56. The van der Waals surface area contributed by atoms with Crippen LogP contribution in [0.15, 0.2) is 40.9 Å². The average molecular weight is 416 g/mol. The van der Waals surface area contributed by atoms with Gasteiger partial charge in [0, 0.05) is 22.2 Å². The maximum absolute atomic E-state index is 12.7. The van der Waals surface area contributed by atoms with E-state index < -0.39 is 0 Å². The normalized spacial score (nSPS) is 20.1. The lowest BCUT2D eigenvalue weighted by Crippen LogP contribution is -2.44. The number of piperidine rings is 1. The van der Waals surface area contributed by atoms with Crippen molar-refractivity contribution in [3.05, 3.63) is 52.0 Å². The molecule has 5 heteroatoms. The predicted molar refractivity (Wildman–Crippen MR) is 113 cm³/mol. The van der Waals surface area contributed by atoms with Gasteiger partial charge in [0.25, 0.3) is 5.91 Å². The molecule has 1 fully saturated rings. The lowest BCUT2D eigenvalue weighted by Gasteiger charge is -2.42. The molecule has 2 atom stereocenters. The summed E-state index contributed by atoms with van der Waals surface area (Å²) in [5, 5.41) is 2.98. The van der Waals surface area contributed by atoms with Gasteiger partial charge in [-0.25, -0.2) is 0 Å². The standard InChI is InChI=1S/C21H26BrN3O/c1-13-11-18(23)19(24-21(26)16-9-4-5-10-17(16)22)12-20(13)25-14(2)7-6-8-15(25)3/h4-5,9-12,14-15H,6-8,23H2,1-3H3,(H,24,26). The van der Waals surface area contributed by atoms with Crippen LogP contribution in [0, 0.1) is 6.92 Å². The van der Waals surface area contributed by atoms with E-state index in [9.17, 15) is 4.79 Å². The summed E-state index contributed by atoms with van der Waals surface area (Å²) in [5.74, 6) is -0.168. The number of carbonyl (C=O) groups is 1. The van der Waals surface area contributed by atoms with E-state index >= 15 is 0 Å². The molecule has 1 heterocycles. The van der Waals surface area contributed by atoms with Crippen LogP contribution in [0.25, 0.3) is 0 Å². The molecular formula is C21H26BrN3O. The van der Waals surface area contributed by atoms with Gasteiger partial charge in [0.1, 0.15) is 0 Å². The van der Waals surface area contributed by atoms with Crippen molar-refractivity contribution in [3.63, 3.8) is 0 Å². The molecule has 0 aliphatic carbocycles. The summed E-state index contributed by atoms with van der Waals surface area (Å²) in [5.41, 5.74) is 10.3. The number of halogens is 1. The van der Waals surface area contributed by atoms with Crippen LogP contribution in [0.1, 0.15) is 49.0 Å². The number of nitrogen functional groups attached to an aromatic ring is 1. The first-order chi connectivity index (χ1) is 12.4. The van der Waals surface area contributed by atoms with Crippen molar-refractivity contribution in [1.29, 1.82) is 0 Å². The summed E-state index contributed by atoms with van der Waals surface area (Å²) in [6.07, 6.45) is 3.64. The molecule has 1 aliphatic rings. The van der Waals surface area contributed by atoms with Gasteiger partial charge in [0.2, 0.25) is 0 Å². The molecule has 0 bridgehead atoms. The zero-order valence-corrected chi connectivity index (χ0v) is 17.1. The van der Waals surface area contributed by atoms with Gasteiger partial charge >= 0.3 is 0 Å². The fourth-order valence-corrected chi connectivity index (χ4v) is 4.30. The Morgan fingerprint density at radius 2 is 1.85 bits per heavy atom. The molecule has 26 heavy (non-hydrogen) atoms. The lowest BCUT2D eigenvalue weighted by molar-refractivity contribution is 0.102. The number of rotatable bonds is 3. The number of hydrogen-bond acceptors (Lipinski definition) is 3. The molecule has 138 valence electrons. The molecule has 4 nitrogen and oxygen atoms in total. The summed E-state index contributed by atoms with van der Waals surface area (Å²) in [4.78, 5) is 15.1. The highest BCUT2D eigenvalue weighted by molar-refractivity contribution is 9.10. The van der Waals surface area contributed by atoms with Gasteiger partial charge in [-0.1, -0.05) is 12.1 Å². The van der Waals surface area contributed by atoms with E-state index in [-0.39, 0.29) is 5.91 Å². The largest absolute Gasteiger partial charge is 0.397 e. The summed E-state index contributed by atoms with van der Waals surface area (Å²) in [7, 11) is 0. The van der Waals surface area contributed by atoms with Crippen molar-refractivity contribution in [3.8, 4) is 0 Å². The fraction of sp³-hybridized carbons (Fsp3) is 0.381. The third kappa shape index (κ3) is 3.73. The summed E-state index contributed by atoms with van der Waals surface area (Å²) < 4.78 is 0.765. The second-order valence-electron chi connectivity index (χ2n) is 7.20. The Balaban J connectivity index is 1.93. The van der Waals surface area contributed by atoms with E-state index in [0.29, 0.717) is 29.0 Å². The first kappa shape index (κ1) is 18.8. The van der Waals surface area contributed by atoms with Gasteiger partial charge in [-0.2, -0.15) is 0 Å². The lowest BCUT2D eigenvalue weighted by atomic mass is 9.95. The first-order valence-corrected chi connectivity index (χ1v) is 9.92. The van der Waals surface area contributed by atoms with Gasteiger partial charge in [-0.15, -0.1) is 0 Å². The maximum atomic E-state index is 12.7. The average Bonchev–Trinajstić information content (AvgIpc) is 2.58. The van der Waals surface area contributed by atoms with Crippen LogP contribution in [-0.4, -0.2) is 18.0 Å². The molecule has 3 rings (SSSR count). The van der Waals surface area contributed by atoms with Crippen molar-refractivity contribution in [1.82, 2.24) is 0 Å². The molecule has 3 N–H and O–H groups in total. The number of nitrogens with two attached hydrogens (primary N) is 1. The van der Waals surface area contributed by atoms with Crippen LogP contribution < -0.4 is 16.0 Å². The Morgan fingerprint density at radius 1 is 1.19 bits per heavy atom. The van der Waals surface area contributed by atoms with Crippen molar-refractivity contribution >= 4 is 38.9 Å². The predicted octanol–water partition coefficient (Wildman–Crippen LogP) is 5.36. The van der Waals surface area contributed by atoms with Crippen LogP contribution in [0.4, 0.5) is 17.1 Å². The van der Waals surface area contributed by atoms with E-state index in [1.54, 1.807) is 6.07 Å². The second-order valence-corrected chi connectivity index (χ2v) is 8.05. The van der Waals surface area contributed by atoms with Crippen molar-refractivity contribution in [2.45, 2.75) is 52.1 Å². The van der Waals surface area contributed by atoms with E-state index in [1.165, 1.54) is 19.3 Å². The highest BCUT2D eigenvalue weighted by atomic mass is 79.9. The molecule has 0 aromatic heterocycles. The van der Waals surface area contributed by atoms with Crippen LogP contribution in [0.2, 0.25) is 0 Å². The van der Waals surface area contributed by atoms with Crippen molar-refractivity contribution < 1.29 is 4.79 Å². The van der Waals surface area contributed by atoms with Crippen molar-refractivity contribution in [2.75, 3.05) is 16.0 Å². The van der Waals surface area contributed by atoms with Gasteiger partial charge in [-0.3, -0.25) is 4.79 Å². The second kappa shape index (κ2) is 7.70. The quantitative estimate of drug-likeness (QED) is 0.663. The van der Waals surface area contributed by atoms with Crippen molar-refractivity contribution in [2.24, 2.45) is 0 Å². The SMILES string of the molecule is Cc1cc(N)c(NC(=O)c2ccccc2Br)cc1N1C(C)CCCC1C. The molecule has 1 amide bonds. The molecule has 2 aromatic carbocycles. The van der Waals surface area contributed by atoms with Gasteiger partial charge in [0.05, 0.1) is 16.9 Å². The smallest absolute Gasteiger partial charge is 0.256 e. The third-order valence-corrected chi connectivity index (χ3v) is 5.90. The van der Waals surface area contributed by atoms with E-state index in [1.807, 2.05) is 30.3 Å². The van der Waals surface area contributed by atoms with E-state index in [4.69, 9.17) is 5.73 Å². The molecule has 2 aromatic rings. The number of carbonyl (C=O) groups excluding carboxylic acids is 1. The zero-order valence-electron chi connectivity index (χ0n) is 15.6. The van der Waals surface area contributed by atoms with Crippen LogP contribution in [0.5, 0.6) is 0 Å². The molecule has 0 radical (unpaired) electrons. The molecular weight excluding hydrogens is 390 g/mol. The third-order valence-electron chi connectivity index (χ3n) is 5.21. The first-order valence-electron chi connectivity index (χ1n) is 9.13. The van der Waals surface area contributed by atoms with Gasteiger partial charge < -0.3 is 16.0 Å². The van der Waals surface area contributed by atoms with Gasteiger partial charge in [-0.05, 0) is 85.8 Å². The van der Waals surface area contributed by atoms with Gasteiger partial charge in [0.15, 0.2) is 0 Å². The minimum absolute atomic E-state index is 0.168. The topological polar surface area (TPSA) is 58.4 Å². The fourth-order valence-electron chi connectivity index (χ4n) is 3.84. The maximum Gasteiger partial charge on any atom is 0.256 e. The minimum Gasteiger partial charge on any atom is -0.397 e. The Labute approximate surface area is 163 Å². The molecule has 2 unspecified atom stereocenters. The van der Waals surface area contributed by atoms with Crippen LogP contribution in [-0.2, 0) is 0 Å². The number of amides is 1. The molecule has 0 spiro atoms. The number of nitrogens with one attached hydrogen (secondary N) is 1. The van der Waals surface area contributed by atoms with Crippen LogP contribution >= 0.6 is 15.9 Å². The Hall–Kier alpha value is -2.01. The number of benzene rings is 2. The minimum atomic E-state index is -0.168. The highest BCUT2D eigenvalue weighted by Gasteiger charge is 2.26. The van der Waals surface area contributed by atoms with E-state index in [0.717, 1.165) is 15.7 Å². The van der Waals surface area contributed by atoms with E-state index in [2.05, 4.69) is 46.9 Å². The Morgan fingerprint density at radius 3 is 2.50 bits per heavy atom. The summed E-state index contributed by atoms with van der Waals surface area (Å²) in [6, 6.07) is 12.3. The zero-order chi connectivity index (χ0) is 18.8. The monoisotopic (exact) mass is 415 g/mol. The summed E-state index contributed by atoms with van der Waals surface area (Å²) in [6.45, 7) is 6.62. The number of anilines is 3.